The summed E-state index contributed by atoms with van der Waals surface area (Å²) in [6, 6.07) is 9.58. The van der Waals surface area contributed by atoms with Crippen molar-refractivity contribution >= 4 is 6.09 Å². The number of ether oxygens (including phenoxy) is 1. The van der Waals surface area contributed by atoms with Gasteiger partial charge in [-0.15, -0.1) is 0 Å². The van der Waals surface area contributed by atoms with Gasteiger partial charge in [0.05, 0.1) is 6.61 Å². The third-order valence-electron chi connectivity index (χ3n) is 1.99. The van der Waals surface area contributed by atoms with Crippen LogP contribution in [-0.2, 0) is 11.2 Å². The van der Waals surface area contributed by atoms with Crippen LogP contribution in [0, 0.1) is 0 Å². The molecule has 2 N–H and O–H groups in total. The van der Waals surface area contributed by atoms with E-state index in [1.807, 2.05) is 30.3 Å². The van der Waals surface area contributed by atoms with Crippen LogP contribution in [0.3, 0.4) is 0 Å². The second-order valence-corrected chi connectivity index (χ2v) is 3.15. The lowest BCUT2D eigenvalue weighted by Gasteiger charge is -2.14. The van der Waals surface area contributed by atoms with Crippen molar-refractivity contribution in [2.45, 2.75) is 12.5 Å². The average molecular weight is 209 g/mol. The minimum atomic E-state index is -0.523. The molecular formula is C11H15NO3. The first-order chi connectivity index (χ1) is 7.26. The van der Waals surface area contributed by atoms with E-state index >= 15 is 0 Å². The summed E-state index contributed by atoms with van der Waals surface area (Å²) < 4.78 is 4.95. The molecular weight excluding hydrogens is 194 g/mol. The molecule has 0 aromatic heterocycles. The average Bonchev–Trinajstić information content (AvgIpc) is 2.29. The third kappa shape index (κ3) is 3.99. The van der Waals surface area contributed by atoms with E-state index in [9.17, 15) is 4.79 Å². The first-order valence-corrected chi connectivity index (χ1v) is 4.79. The Balaban J connectivity index is 2.50. The van der Waals surface area contributed by atoms with Crippen LogP contribution in [0.4, 0.5) is 4.79 Å². The number of amides is 1. The zero-order valence-electron chi connectivity index (χ0n) is 8.64. The Hall–Kier alpha value is -1.55. The lowest BCUT2D eigenvalue weighted by atomic mass is 10.1. The number of carbonyl (C=O) groups excluding carboxylic acids is 1. The summed E-state index contributed by atoms with van der Waals surface area (Å²) in [6.45, 7) is -0.178. The van der Waals surface area contributed by atoms with Gasteiger partial charge in [-0.05, 0) is 5.56 Å². The molecule has 1 rings (SSSR count). The molecule has 4 nitrogen and oxygen atoms in total. The normalized spacial score (nSPS) is 11.9. The molecule has 4 heteroatoms. The number of hydrogen-bond donors (Lipinski definition) is 2. The van der Waals surface area contributed by atoms with E-state index in [0.717, 1.165) is 5.56 Å². The largest absolute Gasteiger partial charge is 0.443 e. The van der Waals surface area contributed by atoms with Crippen molar-refractivity contribution in [1.82, 2.24) is 5.32 Å². The van der Waals surface area contributed by atoms with Gasteiger partial charge in [0.1, 0.15) is 6.10 Å². The summed E-state index contributed by atoms with van der Waals surface area (Å²) in [6.07, 6.45) is -0.498. The van der Waals surface area contributed by atoms with Crippen LogP contribution in [0.5, 0.6) is 0 Å². The maximum absolute atomic E-state index is 10.9. The molecule has 0 saturated carbocycles. The van der Waals surface area contributed by atoms with E-state index in [0.29, 0.717) is 6.42 Å². The molecule has 1 aromatic rings. The van der Waals surface area contributed by atoms with Crippen molar-refractivity contribution in [2.24, 2.45) is 0 Å². The molecule has 0 fully saturated rings. The highest BCUT2D eigenvalue weighted by molar-refractivity contribution is 5.66. The van der Waals surface area contributed by atoms with Crippen LogP contribution in [0.2, 0.25) is 0 Å². The topological polar surface area (TPSA) is 58.6 Å². The van der Waals surface area contributed by atoms with Gasteiger partial charge in [0.2, 0.25) is 0 Å². The molecule has 0 spiro atoms. The molecule has 0 radical (unpaired) electrons. The first-order valence-electron chi connectivity index (χ1n) is 4.79. The minimum absolute atomic E-state index is 0.178. The Morgan fingerprint density at radius 3 is 2.67 bits per heavy atom. The highest BCUT2D eigenvalue weighted by Crippen LogP contribution is 2.05. The van der Waals surface area contributed by atoms with Crippen molar-refractivity contribution in [3.8, 4) is 0 Å². The number of aliphatic hydroxyl groups excluding tert-OH is 1. The van der Waals surface area contributed by atoms with Gasteiger partial charge in [0, 0.05) is 13.5 Å². The number of rotatable bonds is 4. The van der Waals surface area contributed by atoms with Crippen molar-refractivity contribution < 1.29 is 14.6 Å². The predicted octanol–water partition coefficient (Wildman–Crippen LogP) is 0.946. The molecule has 0 aliphatic rings. The Morgan fingerprint density at radius 2 is 2.13 bits per heavy atom. The van der Waals surface area contributed by atoms with Crippen LogP contribution < -0.4 is 5.32 Å². The van der Waals surface area contributed by atoms with Crippen LogP contribution >= 0.6 is 0 Å². The highest BCUT2D eigenvalue weighted by atomic mass is 16.6. The summed E-state index contributed by atoms with van der Waals surface area (Å²) in [5.41, 5.74) is 1.03. The predicted molar refractivity (Wildman–Crippen MR) is 56.6 cm³/mol. The molecule has 0 saturated heterocycles. The highest BCUT2D eigenvalue weighted by Gasteiger charge is 2.12. The second kappa shape index (κ2) is 6.03. The van der Waals surface area contributed by atoms with Crippen LogP contribution in [-0.4, -0.2) is 31.0 Å². The zero-order chi connectivity index (χ0) is 11.1. The van der Waals surface area contributed by atoms with E-state index in [2.05, 4.69) is 5.32 Å². The number of hydrogen-bond acceptors (Lipinski definition) is 3. The number of nitrogens with one attached hydrogen (secondary N) is 1. The number of benzene rings is 1. The molecule has 1 atom stereocenters. The molecule has 1 aromatic carbocycles. The molecule has 82 valence electrons. The quantitative estimate of drug-likeness (QED) is 0.776. The Bertz CT molecular complexity index is 300. The van der Waals surface area contributed by atoms with Crippen molar-refractivity contribution in [3.05, 3.63) is 35.9 Å². The number of alkyl carbamates (subject to hydrolysis) is 1. The van der Waals surface area contributed by atoms with Gasteiger partial charge in [-0.1, -0.05) is 30.3 Å². The Morgan fingerprint density at radius 1 is 1.47 bits per heavy atom. The monoisotopic (exact) mass is 209 g/mol. The van der Waals surface area contributed by atoms with Crippen molar-refractivity contribution in [2.75, 3.05) is 13.7 Å². The Labute approximate surface area is 88.9 Å². The molecule has 0 bridgehead atoms. The van der Waals surface area contributed by atoms with E-state index in [1.165, 1.54) is 7.05 Å². The smallest absolute Gasteiger partial charge is 0.407 e. The fraction of sp³-hybridized carbons (Fsp3) is 0.364. The first kappa shape index (κ1) is 11.5. The standard InChI is InChI=1S/C11H15NO3/c1-12-11(14)15-10(8-13)7-9-5-3-2-4-6-9/h2-6,10,13H,7-8H2,1H3,(H,12,14). The van der Waals surface area contributed by atoms with Gasteiger partial charge in [0.25, 0.3) is 0 Å². The van der Waals surface area contributed by atoms with Gasteiger partial charge in [-0.3, -0.25) is 0 Å². The second-order valence-electron chi connectivity index (χ2n) is 3.15. The molecule has 1 unspecified atom stereocenters. The Kier molecular flexibility index (Phi) is 4.63. The van der Waals surface area contributed by atoms with Crippen LogP contribution in [0.25, 0.3) is 0 Å². The summed E-state index contributed by atoms with van der Waals surface area (Å²) in [7, 11) is 1.49. The summed E-state index contributed by atoms with van der Waals surface area (Å²) in [5.74, 6) is 0. The third-order valence-corrected chi connectivity index (χ3v) is 1.99. The van der Waals surface area contributed by atoms with E-state index in [4.69, 9.17) is 9.84 Å². The van der Waals surface area contributed by atoms with E-state index in [-0.39, 0.29) is 6.61 Å². The fourth-order valence-electron chi connectivity index (χ4n) is 1.23. The lowest BCUT2D eigenvalue weighted by Crippen LogP contribution is -2.29. The van der Waals surface area contributed by atoms with Crippen LogP contribution in [0.1, 0.15) is 5.56 Å². The lowest BCUT2D eigenvalue weighted by molar-refractivity contribution is 0.0591. The molecule has 15 heavy (non-hydrogen) atoms. The van der Waals surface area contributed by atoms with Gasteiger partial charge < -0.3 is 15.2 Å². The van der Waals surface area contributed by atoms with E-state index in [1.54, 1.807) is 0 Å². The molecule has 0 aliphatic carbocycles. The molecule has 0 heterocycles. The number of carbonyl (C=O) groups is 1. The van der Waals surface area contributed by atoms with Crippen molar-refractivity contribution in [3.63, 3.8) is 0 Å². The maximum atomic E-state index is 10.9. The maximum Gasteiger partial charge on any atom is 0.407 e. The summed E-state index contributed by atoms with van der Waals surface area (Å²) in [5, 5.41) is 11.4. The van der Waals surface area contributed by atoms with Gasteiger partial charge in [-0.2, -0.15) is 0 Å². The van der Waals surface area contributed by atoms with Gasteiger partial charge >= 0.3 is 6.09 Å². The molecule has 0 aliphatic heterocycles. The fourth-order valence-corrected chi connectivity index (χ4v) is 1.23. The van der Waals surface area contributed by atoms with Crippen molar-refractivity contribution in [1.29, 1.82) is 0 Å². The zero-order valence-corrected chi connectivity index (χ0v) is 8.64. The SMILES string of the molecule is CNC(=O)OC(CO)Cc1ccccc1. The van der Waals surface area contributed by atoms with Gasteiger partial charge in [-0.25, -0.2) is 4.79 Å². The molecule has 1 amide bonds. The van der Waals surface area contributed by atoms with Gasteiger partial charge in [0.15, 0.2) is 0 Å². The van der Waals surface area contributed by atoms with Crippen LogP contribution in [0.15, 0.2) is 30.3 Å². The summed E-state index contributed by atoms with van der Waals surface area (Å²) in [4.78, 5) is 10.9. The number of aliphatic hydroxyl groups is 1. The van der Waals surface area contributed by atoms with E-state index < -0.39 is 12.2 Å². The summed E-state index contributed by atoms with van der Waals surface area (Å²) >= 11 is 0. The minimum Gasteiger partial charge on any atom is -0.443 e.